The van der Waals surface area contributed by atoms with Crippen molar-refractivity contribution in [3.05, 3.63) is 23.0 Å². The molecular weight excluding hydrogens is 468 g/mol. The highest BCUT2D eigenvalue weighted by Gasteiger charge is 2.44. The summed E-state index contributed by atoms with van der Waals surface area (Å²) in [4.78, 5) is 18.6. The Balaban J connectivity index is 0.00000342. The second kappa shape index (κ2) is 9.91. The van der Waals surface area contributed by atoms with E-state index in [2.05, 4.69) is 0 Å². The molecule has 1 atom stereocenters. The van der Waals surface area contributed by atoms with Gasteiger partial charge in [0.25, 0.3) is 0 Å². The molecule has 1 saturated carbocycles. The van der Waals surface area contributed by atoms with Gasteiger partial charge >= 0.3 is 12.1 Å². The third-order valence-electron chi connectivity index (χ3n) is 7.59. The van der Waals surface area contributed by atoms with Crippen LogP contribution in [-0.2, 0) is 4.79 Å². The maximum absolute atomic E-state index is 14.0. The predicted octanol–water partition coefficient (Wildman–Crippen LogP) is 4.81. The summed E-state index contributed by atoms with van der Waals surface area (Å²) in [5.41, 5.74) is 1.53. The average molecular weight is 503 g/mol. The molecular formula is C24H34F4N4O3. The van der Waals surface area contributed by atoms with E-state index in [4.69, 9.17) is 10.1 Å². The number of aliphatic carboxylic acids is 1. The molecule has 11 heteroatoms. The van der Waals surface area contributed by atoms with Gasteiger partial charge in [-0.15, -0.1) is 0 Å². The lowest BCUT2D eigenvalue weighted by Crippen LogP contribution is -2.50. The van der Waals surface area contributed by atoms with Crippen molar-refractivity contribution in [1.29, 1.82) is 0 Å². The van der Waals surface area contributed by atoms with Crippen LogP contribution in [0.2, 0.25) is 0 Å². The number of rotatable bonds is 5. The van der Waals surface area contributed by atoms with Crippen LogP contribution < -0.4 is 4.90 Å². The van der Waals surface area contributed by atoms with Crippen molar-refractivity contribution < 1.29 is 32.9 Å². The first-order valence-electron chi connectivity index (χ1n) is 12.0. The van der Waals surface area contributed by atoms with Gasteiger partial charge in [0.05, 0.1) is 11.6 Å². The van der Waals surface area contributed by atoms with Crippen molar-refractivity contribution in [3.8, 4) is 0 Å². The van der Waals surface area contributed by atoms with Crippen LogP contribution in [-0.4, -0.2) is 57.1 Å². The van der Waals surface area contributed by atoms with E-state index >= 15 is 0 Å². The van der Waals surface area contributed by atoms with Crippen LogP contribution >= 0.6 is 0 Å². The molecule has 2 aromatic heterocycles. The molecule has 196 valence electrons. The van der Waals surface area contributed by atoms with Crippen LogP contribution in [0.1, 0.15) is 81.2 Å². The first-order chi connectivity index (χ1) is 16.0. The number of piperidine rings is 1. The van der Waals surface area contributed by atoms with Gasteiger partial charge in [0, 0.05) is 36.3 Å². The first kappa shape index (κ1) is 27.2. The summed E-state index contributed by atoms with van der Waals surface area (Å²) in [5.74, 6) is -1.71. The van der Waals surface area contributed by atoms with Crippen molar-refractivity contribution in [1.82, 2.24) is 14.6 Å². The van der Waals surface area contributed by atoms with E-state index in [0.29, 0.717) is 43.0 Å². The van der Waals surface area contributed by atoms with Gasteiger partial charge in [-0.3, -0.25) is 4.79 Å². The molecule has 7 nitrogen and oxygen atoms in total. The fourth-order valence-electron chi connectivity index (χ4n) is 5.68. The molecule has 0 aromatic carbocycles. The van der Waals surface area contributed by atoms with E-state index in [1.165, 1.54) is 0 Å². The van der Waals surface area contributed by atoms with Gasteiger partial charge < -0.3 is 15.5 Å². The summed E-state index contributed by atoms with van der Waals surface area (Å²) in [7, 11) is 0. The van der Waals surface area contributed by atoms with E-state index in [-0.39, 0.29) is 43.1 Å². The number of hydrogen-bond acceptors (Lipinski definition) is 4. The molecule has 3 N–H and O–H groups in total. The number of carboxylic acid groups (broad SMARTS) is 1. The lowest BCUT2D eigenvalue weighted by atomic mass is 9.80. The molecule has 0 radical (unpaired) electrons. The summed E-state index contributed by atoms with van der Waals surface area (Å²) < 4.78 is 55.0. The van der Waals surface area contributed by atoms with Crippen LogP contribution in [0.25, 0.3) is 5.65 Å². The van der Waals surface area contributed by atoms with Crippen LogP contribution in [0.5, 0.6) is 0 Å². The summed E-state index contributed by atoms with van der Waals surface area (Å²) in [6, 6.07) is 1.84. The summed E-state index contributed by atoms with van der Waals surface area (Å²) >= 11 is 0. The Bertz CT molecular complexity index is 1060. The monoisotopic (exact) mass is 502 g/mol. The van der Waals surface area contributed by atoms with Gasteiger partial charge in [-0.05, 0) is 51.4 Å². The van der Waals surface area contributed by atoms with E-state index in [9.17, 15) is 27.5 Å². The highest BCUT2D eigenvalue weighted by molar-refractivity contribution is 5.76. The molecule has 1 aliphatic heterocycles. The summed E-state index contributed by atoms with van der Waals surface area (Å²) in [5, 5.41) is 14.6. The van der Waals surface area contributed by atoms with Crippen LogP contribution in [0.3, 0.4) is 0 Å². The Hall–Kier alpha value is -2.43. The SMILES string of the molecule is Cc1nc2cc(C3CCC(C(F)(F)F)CC3)nn2c(N2CCCC(CF)(C(=O)O)C2)c1C(C)C.O. The number of hydrogen-bond donors (Lipinski definition) is 1. The highest BCUT2D eigenvalue weighted by Crippen LogP contribution is 2.43. The molecule has 2 fully saturated rings. The van der Waals surface area contributed by atoms with Crippen molar-refractivity contribution in [2.45, 2.75) is 77.3 Å². The number of fused-ring (bicyclic) bond motifs is 1. The van der Waals surface area contributed by atoms with E-state index in [1.807, 2.05) is 31.7 Å². The van der Waals surface area contributed by atoms with Crippen molar-refractivity contribution >= 4 is 17.4 Å². The first-order valence-corrected chi connectivity index (χ1v) is 12.0. The van der Waals surface area contributed by atoms with Crippen LogP contribution in [0.4, 0.5) is 23.4 Å². The highest BCUT2D eigenvalue weighted by atomic mass is 19.4. The van der Waals surface area contributed by atoms with Gasteiger partial charge in [-0.1, -0.05) is 13.8 Å². The molecule has 0 amide bonds. The molecule has 3 heterocycles. The number of carboxylic acids is 1. The van der Waals surface area contributed by atoms with E-state index in [0.717, 1.165) is 11.3 Å². The maximum atomic E-state index is 14.0. The number of aryl methyl sites for hydroxylation is 1. The van der Waals surface area contributed by atoms with E-state index in [1.54, 1.807) is 4.52 Å². The minimum absolute atomic E-state index is 0. The molecule has 1 aliphatic carbocycles. The smallest absolute Gasteiger partial charge is 0.391 e. The lowest BCUT2D eigenvalue weighted by molar-refractivity contribution is -0.182. The zero-order valence-corrected chi connectivity index (χ0v) is 20.3. The third kappa shape index (κ3) is 4.96. The van der Waals surface area contributed by atoms with Gasteiger partial charge in [0.1, 0.15) is 17.9 Å². The second-order valence-corrected chi connectivity index (χ2v) is 10.3. The lowest BCUT2D eigenvalue weighted by Gasteiger charge is -2.40. The van der Waals surface area contributed by atoms with Crippen molar-refractivity contribution in [2.24, 2.45) is 11.3 Å². The van der Waals surface area contributed by atoms with Crippen molar-refractivity contribution in [3.63, 3.8) is 0 Å². The van der Waals surface area contributed by atoms with Gasteiger partial charge in [-0.2, -0.15) is 22.8 Å². The predicted molar refractivity (Wildman–Crippen MR) is 124 cm³/mol. The standard InChI is InChI=1S/C24H32F4N4O2.H2O/c1-14(2)20-15(3)29-19-11-18(16-5-7-17(8-6-16)24(26,27)28)30-32(19)21(20)31-10-4-9-23(12-25,13-31)22(33)34;/h11,14,16-17H,4-10,12-13H2,1-3H3,(H,33,34);1H2. The molecule has 4 rings (SSSR count). The Labute approximate surface area is 201 Å². The molecule has 1 saturated heterocycles. The molecule has 0 spiro atoms. The summed E-state index contributed by atoms with van der Waals surface area (Å²) in [6.45, 7) is 5.58. The molecule has 1 unspecified atom stereocenters. The molecule has 2 aliphatic rings. The van der Waals surface area contributed by atoms with Crippen LogP contribution in [0.15, 0.2) is 6.07 Å². The summed E-state index contributed by atoms with van der Waals surface area (Å²) in [6.07, 6.45) is -2.37. The fraction of sp³-hybridized carbons (Fsp3) is 0.708. The number of anilines is 1. The molecule has 0 bridgehead atoms. The number of carbonyl (C=O) groups is 1. The average Bonchev–Trinajstić information content (AvgIpc) is 3.20. The van der Waals surface area contributed by atoms with Gasteiger partial charge in [-0.25, -0.2) is 9.37 Å². The number of alkyl halides is 4. The zero-order chi connectivity index (χ0) is 24.8. The normalized spacial score (nSPS) is 25.7. The number of aromatic nitrogens is 3. The van der Waals surface area contributed by atoms with Gasteiger partial charge in [0.2, 0.25) is 0 Å². The quantitative estimate of drug-likeness (QED) is 0.591. The topological polar surface area (TPSA) is 102 Å². The minimum atomic E-state index is -4.16. The zero-order valence-electron chi connectivity index (χ0n) is 20.3. The number of halogens is 4. The Morgan fingerprint density at radius 1 is 1.26 bits per heavy atom. The maximum Gasteiger partial charge on any atom is 0.391 e. The third-order valence-corrected chi connectivity index (χ3v) is 7.59. The Morgan fingerprint density at radius 3 is 2.46 bits per heavy atom. The second-order valence-electron chi connectivity index (χ2n) is 10.3. The minimum Gasteiger partial charge on any atom is -0.481 e. The molecule has 35 heavy (non-hydrogen) atoms. The van der Waals surface area contributed by atoms with Crippen LogP contribution in [0, 0.1) is 18.3 Å². The Kier molecular flexibility index (Phi) is 7.69. The Morgan fingerprint density at radius 2 is 1.91 bits per heavy atom. The van der Waals surface area contributed by atoms with Crippen molar-refractivity contribution in [2.75, 3.05) is 24.7 Å². The molecule has 2 aromatic rings. The number of nitrogens with zero attached hydrogens (tertiary/aromatic N) is 4. The largest absolute Gasteiger partial charge is 0.481 e. The van der Waals surface area contributed by atoms with E-state index < -0.39 is 30.2 Å². The van der Waals surface area contributed by atoms with Gasteiger partial charge in [0.15, 0.2) is 5.65 Å². The fourth-order valence-corrected chi connectivity index (χ4v) is 5.68.